The molecule has 0 heteroatoms. The molecule has 0 nitrogen and oxygen atoms in total. The third-order valence-electron chi connectivity index (χ3n) is 5.96. The Labute approximate surface area is 127 Å². The van der Waals surface area contributed by atoms with Crippen molar-refractivity contribution in [1.82, 2.24) is 0 Å². The van der Waals surface area contributed by atoms with Gasteiger partial charge in [0.15, 0.2) is 0 Å². The van der Waals surface area contributed by atoms with Gasteiger partial charge in [-0.3, -0.25) is 0 Å². The minimum atomic E-state index is 0.812. The first-order chi connectivity index (χ1) is 9.90. The lowest BCUT2D eigenvalue weighted by Crippen LogP contribution is -2.16. The lowest BCUT2D eigenvalue weighted by molar-refractivity contribution is 0.242. The zero-order valence-corrected chi connectivity index (χ0v) is 13.6. The molecule has 20 heavy (non-hydrogen) atoms. The van der Waals surface area contributed by atoms with E-state index < -0.39 is 0 Å². The molecular weight excluding hydrogens is 240 g/mol. The maximum atomic E-state index is 4.06. The highest BCUT2D eigenvalue weighted by molar-refractivity contribution is 4.82. The van der Waals surface area contributed by atoms with Crippen molar-refractivity contribution in [1.29, 1.82) is 0 Å². The molecule has 0 aromatic heterocycles. The fourth-order valence-electron chi connectivity index (χ4n) is 4.55. The van der Waals surface area contributed by atoms with Gasteiger partial charge in [0.25, 0.3) is 0 Å². The van der Waals surface area contributed by atoms with Crippen molar-refractivity contribution in [2.45, 2.75) is 96.3 Å². The number of allylic oxidation sites excluding steroid dienone is 1. The second kappa shape index (κ2) is 9.64. The lowest BCUT2D eigenvalue weighted by atomic mass is 9.78. The molecule has 2 fully saturated rings. The van der Waals surface area contributed by atoms with Gasteiger partial charge in [-0.15, -0.1) is 6.58 Å². The topological polar surface area (TPSA) is 0 Å². The van der Waals surface area contributed by atoms with Gasteiger partial charge in [-0.25, -0.2) is 0 Å². The van der Waals surface area contributed by atoms with E-state index in [9.17, 15) is 0 Å². The summed E-state index contributed by atoms with van der Waals surface area (Å²) in [5.74, 6) is 2.90. The van der Waals surface area contributed by atoms with Crippen LogP contribution >= 0.6 is 0 Å². The minimum absolute atomic E-state index is 0.812. The van der Waals surface area contributed by atoms with Gasteiger partial charge in [0.2, 0.25) is 0 Å². The van der Waals surface area contributed by atoms with Gasteiger partial charge < -0.3 is 0 Å². The fourth-order valence-corrected chi connectivity index (χ4v) is 4.55. The Hall–Kier alpha value is -0.260. The van der Waals surface area contributed by atoms with Crippen molar-refractivity contribution < 1.29 is 0 Å². The fraction of sp³-hybridized carbons (Fsp3) is 0.900. The molecule has 0 spiro atoms. The van der Waals surface area contributed by atoms with Crippen LogP contribution in [0.2, 0.25) is 0 Å². The molecule has 0 heterocycles. The molecule has 2 rings (SSSR count). The van der Waals surface area contributed by atoms with Crippen molar-refractivity contribution in [3.05, 3.63) is 12.7 Å². The molecule has 2 unspecified atom stereocenters. The Kier molecular flexibility index (Phi) is 7.76. The van der Waals surface area contributed by atoms with E-state index >= 15 is 0 Å². The molecule has 2 aliphatic rings. The zero-order valence-electron chi connectivity index (χ0n) is 13.6. The maximum absolute atomic E-state index is 4.06. The van der Waals surface area contributed by atoms with Crippen LogP contribution in [0.4, 0.5) is 0 Å². The number of hydrogen-bond donors (Lipinski definition) is 0. The SMILES string of the molecule is C=CC1CCCCCC(C2CCCCCCCC2)CC1. The van der Waals surface area contributed by atoms with Crippen LogP contribution in [-0.4, -0.2) is 0 Å². The summed E-state index contributed by atoms with van der Waals surface area (Å²) in [4.78, 5) is 0. The predicted molar refractivity (Wildman–Crippen MR) is 89.9 cm³/mol. The Bertz CT molecular complexity index is 245. The maximum Gasteiger partial charge on any atom is -0.0236 e. The van der Waals surface area contributed by atoms with E-state index in [1.807, 2.05) is 0 Å². The largest absolute Gasteiger partial charge is 0.103 e. The smallest absolute Gasteiger partial charge is 0.0236 e. The minimum Gasteiger partial charge on any atom is -0.103 e. The highest BCUT2D eigenvalue weighted by Crippen LogP contribution is 2.36. The summed E-state index contributed by atoms with van der Waals surface area (Å²) in [7, 11) is 0. The molecule has 0 aromatic rings. The summed E-state index contributed by atoms with van der Waals surface area (Å²) < 4.78 is 0. The van der Waals surface area contributed by atoms with E-state index in [4.69, 9.17) is 0 Å². The molecule has 0 amide bonds. The lowest BCUT2D eigenvalue weighted by Gasteiger charge is -2.27. The normalized spacial score (nSPS) is 32.0. The van der Waals surface area contributed by atoms with Crippen molar-refractivity contribution in [2.24, 2.45) is 17.8 Å². The third kappa shape index (κ3) is 5.62. The van der Waals surface area contributed by atoms with Gasteiger partial charge in [-0.2, -0.15) is 0 Å². The quantitative estimate of drug-likeness (QED) is 0.481. The van der Waals surface area contributed by atoms with Crippen molar-refractivity contribution in [3.8, 4) is 0 Å². The number of rotatable bonds is 2. The average molecular weight is 277 g/mol. The van der Waals surface area contributed by atoms with E-state index in [1.54, 1.807) is 0 Å². The molecule has 116 valence electrons. The van der Waals surface area contributed by atoms with Crippen LogP contribution < -0.4 is 0 Å². The van der Waals surface area contributed by atoms with Crippen LogP contribution in [0, 0.1) is 17.8 Å². The standard InChI is InChI=1S/C20H36/c1-2-18-12-8-7-11-15-20(17-16-18)19-13-9-5-3-4-6-10-14-19/h2,18-20H,1,3-17H2. The molecule has 2 aliphatic carbocycles. The summed E-state index contributed by atoms with van der Waals surface area (Å²) in [5, 5.41) is 0. The molecular formula is C20H36. The molecule has 0 aliphatic heterocycles. The second-order valence-corrected chi connectivity index (χ2v) is 7.43. The van der Waals surface area contributed by atoms with Crippen LogP contribution in [0.3, 0.4) is 0 Å². The molecule has 0 radical (unpaired) electrons. The van der Waals surface area contributed by atoms with Crippen molar-refractivity contribution in [2.75, 3.05) is 0 Å². The summed E-state index contributed by atoms with van der Waals surface area (Å²) in [6.45, 7) is 4.06. The molecule has 0 bridgehead atoms. The van der Waals surface area contributed by atoms with Crippen LogP contribution in [0.25, 0.3) is 0 Å². The predicted octanol–water partition coefficient (Wildman–Crippen LogP) is 6.90. The van der Waals surface area contributed by atoms with E-state index in [0.717, 1.165) is 17.8 Å². The van der Waals surface area contributed by atoms with Crippen LogP contribution in [0.5, 0.6) is 0 Å². The van der Waals surface area contributed by atoms with Crippen LogP contribution in [0.15, 0.2) is 12.7 Å². The Balaban J connectivity index is 1.89. The van der Waals surface area contributed by atoms with Crippen LogP contribution in [-0.2, 0) is 0 Å². The molecule has 0 N–H and O–H groups in total. The Morgan fingerprint density at radius 2 is 0.950 bits per heavy atom. The van der Waals surface area contributed by atoms with Gasteiger partial charge in [0, 0.05) is 0 Å². The van der Waals surface area contributed by atoms with E-state index in [2.05, 4.69) is 12.7 Å². The highest BCUT2D eigenvalue weighted by atomic mass is 14.3. The summed E-state index contributed by atoms with van der Waals surface area (Å²) in [6.07, 6.45) is 24.5. The van der Waals surface area contributed by atoms with Gasteiger partial charge in [0.05, 0.1) is 0 Å². The first-order valence-electron chi connectivity index (χ1n) is 9.52. The van der Waals surface area contributed by atoms with Crippen LogP contribution in [0.1, 0.15) is 96.3 Å². The van der Waals surface area contributed by atoms with Gasteiger partial charge in [-0.1, -0.05) is 83.1 Å². The van der Waals surface area contributed by atoms with E-state index in [0.29, 0.717) is 0 Å². The second-order valence-electron chi connectivity index (χ2n) is 7.43. The summed E-state index contributed by atoms with van der Waals surface area (Å²) in [6, 6.07) is 0. The number of hydrogen-bond acceptors (Lipinski definition) is 0. The Morgan fingerprint density at radius 3 is 1.55 bits per heavy atom. The van der Waals surface area contributed by atoms with E-state index in [1.165, 1.54) is 96.3 Å². The van der Waals surface area contributed by atoms with Crippen molar-refractivity contribution in [3.63, 3.8) is 0 Å². The first kappa shape index (κ1) is 16.1. The average Bonchev–Trinajstić information content (AvgIpc) is 2.68. The monoisotopic (exact) mass is 276 g/mol. The molecule has 2 saturated carbocycles. The molecule has 0 aromatic carbocycles. The third-order valence-corrected chi connectivity index (χ3v) is 5.96. The van der Waals surface area contributed by atoms with Crippen molar-refractivity contribution >= 4 is 0 Å². The first-order valence-corrected chi connectivity index (χ1v) is 9.52. The molecule has 2 atom stereocenters. The Morgan fingerprint density at radius 1 is 0.500 bits per heavy atom. The zero-order chi connectivity index (χ0) is 14.0. The van der Waals surface area contributed by atoms with Gasteiger partial charge in [0.1, 0.15) is 0 Å². The molecule has 0 saturated heterocycles. The van der Waals surface area contributed by atoms with Gasteiger partial charge in [-0.05, 0) is 37.0 Å². The highest BCUT2D eigenvalue weighted by Gasteiger charge is 2.23. The summed E-state index contributed by atoms with van der Waals surface area (Å²) in [5.41, 5.74) is 0. The summed E-state index contributed by atoms with van der Waals surface area (Å²) >= 11 is 0. The van der Waals surface area contributed by atoms with Gasteiger partial charge >= 0.3 is 0 Å². The van der Waals surface area contributed by atoms with E-state index in [-0.39, 0.29) is 0 Å².